The number of ether oxygens (including phenoxy) is 1. The molecule has 4 fully saturated rings. The SMILES string of the molecule is CC(=O)[C@H]1CC[C@H]2[C@@H]3CO[C@H]4C[C@H](O)CC[C@]4(C)[C@H]3CC[C@]12C. The fourth-order valence-electron chi connectivity index (χ4n) is 7.19. The molecule has 0 aromatic rings. The molecule has 0 bridgehead atoms. The molecule has 4 rings (SSSR count). The van der Waals surface area contributed by atoms with Gasteiger partial charge in [-0.25, -0.2) is 0 Å². The lowest BCUT2D eigenvalue weighted by molar-refractivity contribution is -0.210. The number of carbonyl (C=O) groups excluding carboxylic acids is 1. The van der Waals surface area contributed by atoms with Gasteiger partial charge in [0.05, 0.1) is 18.8 Å². The summed E-state index contributed by atoms with van der Waals surface area (Å²) >= 11 is 0. The quantitative estimate of drug-likeness (QED) is 0.803. The Morgan fingerprint density at radius 1 is 1.04 bits per heavy atom. The summed E-state index contributed by atoms with van der Waals surface area (Å²) in [5, 5.41) is 10.0. The van der Waals surface area contributed by atoms with Crippen LogP contribution >= 0.6 is 0 Å². The number of Topliss-reactive ketones (excluding diaryl/α,β-unsaturated/α-hetero) is 1. The van der Waals surface area contributed by atoms with Gasteiger partial charge in [-0.2, -0.15) is 0 Å². The molecule has 0 amide bonds. The molecule has 3 heteroatoms. The highest BCUT2D eigenvalue weighted by Crippen LogP contribution is 2.64. The Bertz CT molecular complexity index is 503. The molecule has 1 aliphatic heterocycles. The average molecular weight is 320 g/mol. The zero-order valence-electron chi connectivity index (χ0n) is 14.9. The molecular formula is C20H32O3. The van der Waals surface area contributed by atoms with Crippen LogP contribution in [0.25, 0.3) is 0 Å². The number of carbonyl (C=O) groups is 1. The van der Waals surface area contributed by atoms with Gasteiger partial charge in [-0.3, -0.25) is 4.79 Å². The van der Waals surface area contributed by atoms with Crippen molar-refractivity contribution in [3.8, 4) is 0 Å². The van der Waals surface area contributed by atoms with E-state index < -0.39 is 0 Å². The van der Waals surface area contributed by atoms with Gasteiger partial charge in [0.2, 0.25) is 0 Å². The average Bonchev–Trinajstić information content (AvgIpc) is 2.85. The first-order chi connectivity index (χ1) is 10.9. The second-order valence-corrected chi connectivity index (χ2v) is 9.42. The summed E-state index contributed by atoms with van der Waals surface area (Å²) in [7, 11) is 0. The van der Waals surface area contributed by atoms with E-state index in [0.717, 1.165) is 38.2 Å². The molecular weight excluding hydrogens is 288 g/mol. The van der Waals surface area contributed by atoms with Crippen LogP contribution < -0.4 is 0 Å². The highest BCUT2D eigenvalue weighted by molar-refractivity contribution is 5.79. The van der Waals surface area contributed by atoms with Gasteiger partial charge in [0.15, 0.2) is 0 Å². The number of aliphatic hydroxyl groups is 1. The van der Waals surface area contributed by atoms with Crippen molar-refractivity contribution < 1.29 is 14.6 Å². The largest absolute Gasteiger partial charge is 0.393 e. The summed E-state index contributed by atoms with van der Waals surface area (Å²) in [6.07, 6.45) is 7.64. The Balaban J connectivity index is 1.61. The summed E-state index contributed by atoms with van der Waals surface area (Å²) < 4.78 is 6.33. The van der Waals surface area contributed by atoms with E-state index >= 15 is 0 Å². The normalized spacial score (nSPS) is 55.7. The summed E-state index contributed by atoms with van der Waals surface area (Å²) in [5.74, 6) is 2.66. The summed E-state index contributed by atoms with van der Waals surface area (Å²) in [6, 6.07) is 0. The fraction of sp³-hybridized carbons (Fsp3) is 0.950. The maximum Gasteiger partial charge on any atom is 0.133 e. The van der Waals surface area contributed by atoms with Crippen molar-refractivity contribution in [2.24, 2.45) is 34.5 Å². The van der Waals surface area contributed by atoms with Crippen molar-refractivity contribution in [3.63, 3.8) is 0 Å². The van der Waals surface area contributed by atoms with Gasteiger partial charge < -0.3 is 9.84 Å². The molecule has 0 unspecified atom stereocenters. The van der Waals surface area contributed by atoms with Gasteiger partial charge in [0.25, 0.3) is 0 Å². The number of aliphatic hydroxyl groups excluding tert-OH is 1. The molecule has 1 saturated heterocycles. The third kappa shape index (κ3) is 2.18. The monoisotopic (exact) mass is 320 g/mol. The van der Waals surface area contributed by atoms with E-state index in [1.54, 1.807) is 6.92 Å². The molecule has 1 heterocycles. The van der Waals surface area contributed by atoms with Crippen molar-refractivity contribution in [1.82, 2.24) is 0 Å². The van der Waals surface area contributed by atoms with Crippen LogP contribution in [0.3, 0.4) is 0 Å². The number of ketones is 1. The molecule has 130 valence electrons. The van der Waals surface area contributed by atoms with Crippen LogP contribution in [-0.2, 0) is 9.53 Å². The molecule has 3 nitrogen and oxygen atoms in total. The lowest BCUT2D eigenvalue weighted by Gasteiger charge is -2.60. The smallest absolute Gasteiger partial charge is 0.133 e. The first kappa shape index (κ1) is 16.1. The lowest BCUT2D eigenvalue weighted by atomic mass is 9.49. The van der Waals surface area contributed by atoms with E-state index in [1.807, 2.05) is 0 Å². The first-order valence-electron chi connectivity index (χ1n) is 9.66. The third-order valence-electron chi connectivity index (χ3n) is 8.50. The molecule has 4 aliphatic rings. The minimum atomic E-state index is -0.174. The van der Waals surface area contributed by atoms with Gasteiger partial charge in [-0.05, 0) is 74.0 Å². The van der Waals surface area contributed by atoms with E-state index in [0.29, 0.717) is 17.6 Å². The topological polar surface area (TPSA) is 46.5 Å². The molecule has 3 saturated carbocycles. The van der Waals surface area contributed by atoms with Crippen molar-refractivity contribution in [3.05, 3.63) is 0 Å². The summed E-state index contributed by atoms with van der Waals surface area (Å²) in [4.78, 5) is 12.1. The van der Waals surface area contributed by atoms with Crippen LogP contribution in [0.1, 0.15) is 65.7 Å². The van der Waals surface area contributed by atoms with Crippen LogP contribution in [0.4, 0.5) is 0 Å². The maximum atomic E-state index is 12.1. The van der Waals surface area contributed by atoms with Crippen molar-refractivity contribution in [2.45, 2.75) is 77.9 Å². The molecule has 0 radical (unpaired) electrons. The van der Waals surface area contributed by atoms with Crippen LogP contribution in [-0.4, -0.2) is 29.7 Å². The number of rotatable bonds is 1. The molecule has 0 aromatic carbocycles. The Labute approximate surface area is 140 Å². The zero-order chi connectivity index (χ0) is 16.4. The van der Waals surface area contributed by atoms with Crippen LogP contribution in [0.5, 0.6) is 0 Å². The first-order valence-corrected chi connectivity index (χ1v) is 9.66. The second-order valence-electron chi connectivity index (χ2n) is 9.42. The van der Waals surface area contributed by atoms with Gasteiger partial charge in [-0.15, -0.1) is 0 Å². The van der Waals surface area contributed by atoms with Gasteiger partial charge in [0, 0.05) is 12.3 Å². The Morgan fingerprint density at radius 2 is 1.74 bits per heavy atom. The Hall–Kier alpha value is -0.410. The van der Waals surface area contributed by atoms with E-state index in [2.05, 4.69) is 13.8 Å². The number of hydrogen-bond donors (Lipinski definition) is 1. The molecule has 23 heavy (non-hydrogen) atoms. The highest BCUT2D eigenvalue weighted by atomic mass is 16.5. The fourth-order valence-corrected chi connectivity index (χ4v) is 7.19. The predicted molar refractivity (Wildman–Crippen MR) is 88.9 cm³/mol. The van der Waals surface area contributed by atoms with Crippen molar-refractivity contribution >= 4 is 5.78 Å². The third-order valence-corrected chi connectivity index (χ3v) is 8.50. The van der Waals surface area contributed by atoms with Crippen LogP contribution in [0, 0.1) is 34.5 Å². The molecule has 0 spiro atoms. The Morgan fingerprint density at radius 3 is 2.48 bits per heavy atom. The van der Waals surface area contributed by atoms with Crippen molar-refractivity contribution in [1.29, 1.82) is 0 Å². The van der Waals surface area contributed by atoms with Gasteiger partial charge in [0.1, 0.15) is 5.78 Å². The van der Waals surface area contributed by atoms with Crippen molar-refractivity contribution in [2.75, 3.05) is 6.61 Å². The zero-order valence-corrected chi connectivity index (χ0v) is 14.9. The van der Waals surface area contributed by atoms with E-state index in [4.69, 9.17) is 4.74 Å². The predicted octanol–water partition coefficient (Wildman–Crippen LogP) is 3.58. The summed E-state index contributed by atoms with van der Waals surface area (Å²) in [5.41, 5.74) is 0.436. The lowest BCUT2D eigenvalue weighted by Crippen LogP contribution is -2.58. The standard InChI is InChI=1S/C20H32O3/c1-12(21)15-4-5-16-14-11-23-18-10-13(22)6-8-20(18,3)17(14)7-9-19(15,16)2/h13-18,22H,4-11H2,1-3H3/t13-,14+,15-,16+,17+,18+,19-,20-/m1/s1. The maximum absolute atomic E-state index is 12.1. The second kappa shape index (κ2) is 5.29. The number of fused-ring (bicyclic) bond motifs is 5. The van der Waals surface area contributed by atoms with E-state index in [9.17, 15) is 9.90 Å². The molecule has 0 aromatic heterocycles. The van der Waals surface area contributed by atoms with E-state index in [-0.39, 0.29) is 29.0 Å². The van der Waals surface area contributed by atoms with E-state index in [1.165, 1.54) is 19.3 Å². The molecule has 8 atom stereocenters. The van der Waals surface area contributed by atoms with Crippen LogP contribution in [0.15, 0.2) is 0 Å². The van der Waals surface area contributed by atoms with Crippen LogP contribution in [0.2, 0.25) is 0 Å². The summed E-state index contributed by atoms with van der Waals surface area (Å²) in [6.45, 7) is 7.44. The van der Waals surface area contributed by atoms with Gasteiger partial charge in [-0.1, -0.05) is 13.8 Å². The molecule has 3 aliphatic carbocycles. The minimum absolute atomic E-state index is 0.174. The Kier molecular flexibility index (Phi) is 3.70. The minimum Gasteiger partial charge on any atom is -0.393 e. The molecule has 1 N–H and O–H groups in total. The number of hydrogen-bond acceptors (Lipinski definition) is 3. The van der Waals surface area contributed by atoms with Gasteiger partial charge >= 0.3 is 0 Å². The highest BCUT2D eigenvalue weighted by Gasteiger charge is 2.61.